The largest absolute Gasteiger partial charge is 0.416 e. The van der Waals surface area contributed by atoms with Gasteiger partial charge in [-0.2, -0.15) is 13.2 Å². The summed E-state index contributed by atoms with van der Waals surface area (Å²) in [6.45, 7) is 3.50. The van der Waals surface area contributed by atoms with E-state index in [0.717, 1.165) is 17.0 Å². The van der Waals surface area contributed by atoms with E-state index in [0.29, 0.717) is 0 Å². The van der Waals surface area contributed by atoms with Crippen molar-refractivity contribution in [1.29, 1.82) is 0 Å². The Morgan fingerprint density at radius 2 is 1.91 bits per heavy atom. The van der Waals surface area contributed by atoms with Crippen LogP contribution in [0.15, 0.2) is 42.5 Å². The lowest BCUT2D eigenvalue weighted by Crippen LogP contribution is -2.53. The first-order valence-corrected chi connectivity index (χ1v) is 6.82. The van der Waals surface area contributed by atoms with Gasteiger partial charge < -0.3 is 0 Å². The first-order chi connectivity index (χ1) is 10.8. The Morgan fingerprint density at radius 1 is 1.26 bits per heavy atom. The molecule has 0 spiro atoms. The predicted octanol–water partition coefficient (Wildman–Crippen LogP) is 2.52. The molecule has 120 valence electrons. The van der Waals surface area contributed by atoms with E-state index in [9.17, 15) is 22.8 Å². The van der Waals surface area contributed by atoms with E-state index in [1.165, 1.54) is 24.3 Å². The van der Waals surface area contributed by atoms with Crippen molar-refractivity contribution in [2.24, 2.45) is 0 Å². The zero-order valence-corrected chi connectivity index (χ0v) is 12.5. The molecule has 1 fully saturated rings. The number of amides is 2. The molecule has 1 aromatic rings. The van der Waals surface area contributed by atoms with E-state index in [-0.39, 0.29) is 17.2 Å². The first-order valence-electron chi connectivity index (χ1n) is 6.41. The number of halogens is 3. The van der Waals surface area contributed by atoms with Gasteiger partial charge >= 0.3 is 6.18 Å². The van der Waals surface area contributed by atoms with Crippen molar-refractivity contribution >= 4 is 35.2 Å². The number of benzene rings is 1. The number of thiocarbonyl (C=S) groups is 1. The molecule has 1 saturated heterocycles. The van der Waals surface area contributed by atoms with E-state index in [1.54, 1.807) is 0 Å². The molecule has 1 aliphatic heterocycles. The minimum Gasteiger partial charge on any atom is -0.298 e. The SMILES string of the molecule is C=CCN1C(=O)/C(=C/c2ccccc2C(F)(F)F)C(=O)NC1=S. The molecular formula is C15H11F3N2O2S. The molecule has 0 unspecified atom stereocenters. The van der Waals surface area contributed by atoms with Crippen molar-refractivity contribution in [2.75, 3.05) is 6.54 Å². The molecule has 2 amide bonds. The topological polar surface area (TPSA) is 49.4 Å². The molecule has 0 aromatic heterocycles. The average molecular weight is 340 g/mol. The van der Waals surface area contributed by atoms with Gasteiger partial charge in [0.15, 0.2) is 5.11 Å². The molecule has 0 saturated carbocycles. The van der Waals surface area contributed by atoms with Crippen molar-refractivity contribution in [3.05, 3.63) is 53.6 Å². The van der Waals surface area contributed by atoms with Crippen LogP contribution in [0.25, 0.3) is 6.08 Å². The van der Waals surface area contributed by atoms with E-state index in [4.69, 9.17) is 12.2 Å². The van der Waals surface area contributed by atoms with Crippen molar-refractivity contribution in [3.63, 3.8) is 0 Å². The van der Waals surface area contributed by atoms with Crippen LogP contribution in [-0.2, 0) is 15.8 Å². The third-order valence-electron chi connectivity index (χ3n) is 3.06. The molecule has 0 radical (unpaired) electrons. The van der Waals surface area contributed by atoms with Crippen LogP contribution in [0.1, 0.15) is 11.1 Å². The van der Waals surface area contributed by atoms with Crippen molar-refractivity contribution < 1.29 is 22.8 Å². The maximum Gasteiger partial charge on any atom is 0.416 e. The normalized spacial score (nSPS) is 17.4. The Kier molecular flexibility index (Phi) is 4.65. The van der Waals surface area contributed by atoms with Crippen molar-refractivity contribution in [1.82, 2.24) is 10.2 Å². The highest BCUT2D eigenvalue weighted by atomic mass is 32.1. The second kappa shape index (κ2) is 6.33. The predicted molar refractivity (Wildman–Crippen MR) is 82.1 cm³/mol. The van der Waals surface area contributed by atoms with Gasteiger partial charge in [0.25, 0.3) is 11.8 Å². The Bertz CT molecular complexity index is 726. The Hall–Kier alpha value is -2.48. The highest BCUT2D eigenvalue weighted by Crippen LogP contribution is 2.33. The molecule has 0 aliphatic carbocycles. The van der Waals surface area contributed by atoms with Crippen LogP contribution < -0.4 is 5.32 Å². The van der Waals surface area contributed by atoms with Gasteiger partial charge in [0, 0.05) is 6.54 Å². The van der Waals surface area contributed by atoms with Gasteiger partial charge in [0.05, 0.1) is 5.56 Å². The van der Waals surface area contributed by atoms with E-state index >= 15 is 0 Å². The van der Waals surface area contributed by atoms with Gasteiger partial charge in [-0.3, -0.25) is 19.8 Å². The van der Waals surface area contributed by atoms with Gasteiger partial charge in [0.1, 0.15) is 5.57 Å². The highest BCUT2D eigenvalue weighted by Gasteiger charge is 2.35. The minimum atomic E-state index is -4.60. The average Bonchev–Trinajstić information content (AvgIpc) is 2.47. The van der Waals surface area contributed by atoms with E-state index in [2.05, 4.69) is 11.9 Å². The second-order valence-electron chi connectivity index (χ2n) is 4.61. The van der Waals surface area contributed by atoms with Crippen LogP contribution in [0.2, 0.25) is 0 Å². The van der Waals surface area contributed by atoms with E-state index in [1.807, 2.05) is 0 Å². The summed E-state index contributed by atoms with van der Waals surface area (Å²) in [6, 6.07) is 4.68. The number of nitrogens with zero attached hydrogens (tertiary/aromatic N) is 1. The monoisotopic (exact) mass is 340 g/mol. The number of rotatable bonds is 3. The van der Waals surface area contributed by atoms with Crippen LogP contribution in [0.5, 0.6) is 0 Å². The lowest BCUT2D eigenvalue weighted by Gasteiger charge is -2.28. The maximum absolute atomic E-state index is 13.0. The molecule has 0 bridgehead atoms. The molecule has 0 atom stereocenters. The van der Waals surface area contributed by atoms with Crippen LogP contribution in [0.3, 0.4) is 0 Å². The smallest absolute Gasteiger partial charge is 0.298 e. The number of carbonyl (C=O) groups is 2. The highest BCUT2D eigenvalue weighted by molar-refractivity contribution is 7.80. The standard InChI is InChI=1S/C15H11F3N2O2S/c1-2-7-20-13(22)10(12(21)19-14(20)23)8-9-5-3-4-6-11(9)15(16,17)18/h2-6,8H,1,7H2,(H,19,21,23)/b10-8+. The van der Waals surface area contributed by atoms with Crippen LogP contribution in [0.4, 0.5) is 13.2 Å². The number of alkyl halides is 3. The van der Waals surface area contributed by atoms with Crippen molar-refractivity contribution in [2.45, 2.75) is 6.18 Å². The summed E-state index contributed by atoms with van der Waals surface area (Å²) >= 11 is 4.87. The minimum absolute atomic E-state index is 0.0379. The molecule has 1 aliphatic rings. The zero-order valence-electron chi connectivity index (χ0n) is 11.7. The summed E-state index contributed by atoms with van der Waals surface area (Å²) in [7, 11) is 0. The van der Waals surface area contributed by atoms with Crippen LogP contribution in [0, 0.1) is 0 Å². The molecule has 1 N–H and O–H groups in total. The van der Waals surface area contributed by atoms with Gasteiger partial charge in [-0.25, -0.2) is 0 Å². The fraction of sp³-hybridized carbons (Fsp3) is 0.133. The summed E-state index contributed by atoms with van der Waals surface area (Å²) in [5.41, 5.74) is -1.63. The summed E-state index contributed by atoms with van der Waals surface area (Å²) in [6.07, 6.45) is -2.29. The molecule has 4 nitrogen and oxygen atoms in total. The maximum atomic E-state index is 13.0. The van der Waals surface area contributed by atoms with E-state index < -0.39 is 29.1 Å². The number of carbonyl (C=O) groups excluding carboxylic acids is 2. The molecule has 23 heavy (non-hydrogen) atoms. The number of hydrogen-bond donors (Lipinski definition) is 1. The van der Waals surface area contributed by atoms with Gasteiger partial charge in [0.2, 0.25) is 0 Å². The Morgan fingerprint density at radius 3 is 2.52 bits per heavy atom. The molecular weight excluding hydrogens is 329 g/mol. The number of hydrogen-bond acceptors (Lipinski definition) is 3. The van der Waals surface area contributed by atoms with Crippen LogP contribution >= 0.6 is 12.2 Å². The van der Waals surface area contributed by atoms with Crippen LogP contribution in [-0.4, -0.2) is 28.4 Å². The Balaban J connectivity index is 2.50. The molecule has 8 heteroatoms. The number of nitrogens with one attached hydrogen (secondary N) is 1. The summed E-state index contributed by atoms with van der Waals surface area (Å²) in [5.74, 6) is -1.60. The molecule has 1 heterocycles. The lowest BCUT2D eigenvalue weighted by atomic mass is 10.0. The van der Waals surface area contributed by atoms with Gasteiger partial charge in [-0.15, -0.1) is 6.58 Å². The van der Waals surface area contributed by atoms with Gasteiger partial charge in [-0.05, 0) is 29.9 Å². The summed E-state index contributed by atoms with van der Waals surface area (Å²) in [4.78, 5) is 25.2. The third kappa shape index (κ3) is 3.48. The second-order valence-corrected chi connectivity index (χ2v) is 4.99. The Labute approximate surface area is 135 Å². The lowest BCUT2D eigenvalue weighted by molar-refractivity contribution is -0.138. The molecule has 1 aromatic carbocycles. The zero-order chi connectivity index (χ0) is 17.2. The molecule has 2 rings (SSSR count). The summed E-state index contributed by atoms with van der Waals surface area (Å²) < 4.78 is 39.0. The fourth-order valence-electron chi connectivity index (χ4n) is 2.03. The first kappa shape index (κ1) is 16.9. The summed E-state index contributed by atoms with van der Waals surface area (Å²) in [5, 5.41) is 2.16. The third-order valence-corrected chi connectivity index (χ3v) is 3.39. The van der Waals surface area contributed by atoms with Gasteiger partial charge in [-0.1, -0.05) is 24.3 Å². The fourth-order valence-corrected chi connectivity index (χ4v) is 2.28. The van der Waals surface area contributed by atoms with Crippen molar-refractivity contribution in [3.8, 4) is 0 Å². The quantitative estimate of drug-likeness (QED) is 0.398.